The van der Waals surface area contributed by atoms with E-state index in [0.717, 1.165) is 27.3 Å². The average molecular weight is 592 g/mol. The Balaban J connectivity index is 1.46. The molecule has 9 nitrogen and oxygen atoms in total. The molecule has 5 rings (SSSR count). The van der Waals surface area contributed by atoms with E-state index in [-0.39, 0.29) is 5.96 Å². The highest BCUT2D eigenvalue weighted by Gasteiger charge is 2.42. The number of carbonyl (C=O) groups excluding carboxylic acids is 1. The van der Waals surface area contributed by atoms with Crippen molar-refractivity contribution in [1.29, 1.82) is 0 Å². The van der Waals surface area contributed by atoms with Gasteiger partial charge in [-0.2, -0.15) is 4.99 Å². The first kappa shape index (κ1) is 29.9. The average Bonchev–Trinajstić information content (AvgIpc) is 3.30. The van der Waals surface area contributed by atoms with E-state index >= 15 is 0 Å². The molecule has 224 valence electrons. The summed E-state index contributed by atoms with van der Waals surface area (Å²) in [5.41, 5.74) is 3.59. The van der Waals surface area contributed by atoms with Gasteiger partial charge in [-0.25, -0.2) is 9.69 Å². The topological polar surface area (TPSA) is 101 Å². The van der Waals surface area contributed by atoms with Crippen molar-refractivity contribution in [3.63, 3.8) is 0 Å². The van der Waals surface area contributed by atoms with Crippen LogP contribution in [0.2, 0.25) is 0 Å². The number of rotatable bonds is 9. The third kappa shape index (κ3) is 6.90. The van der Waals surface area contributed by atoms with Crippen molar-refractivity contribution in [2.24, 2.45) is 4.99 Å². The smallest absolute Gasteiger partial charge is 0.418 e. The Hall–Kier alpha value is -5.57. The maximum absolute atomic E-state index is 13.2. The first-order valence-electron chi connectivity index (χ1n) is 14.0. The van der Waals surface area contributed by atoms with Crippen LogP contribution in [-0.2, 0) is 13.0 Å². The minimum atomic E-state index is -1.25. The number of nitrogens with zero attached hydrogens (tertiary/aromatic N) is 3. The second kappa shape index (κ2) is 13.6. The fraction of sp³-hybridized carbons (Fsp3) is 0.171. The quantitative estimate of drug-likeness (QED) is 0.242. The predicted octanol–water partition coefficient (Wildman–Crippen LogP) is 6.36. The summed E-state index contributed by atoms with van der Waals surface area (Å²) < 4.78 is 16.4. The molecule has 44 heavy (non-hydrogen) atoms. The molecule has 1 N–H and O–H groups in total. The Kier molecular flexibility index (Phi) is 9.25. The summed E-state index contributed by atoms with van der Waals surface area (Å²) in [4.78, 5) is 33.0. The highest BCUT2D eigenvalue weighted by molar-refractivity contribution is 6.08. The Morgan fingerprint density at radius 1 is 0.795 bits per heavy atom. The number of benzene rings is 4. The van der Waals surface area contributed by atoms with Crippen LogP contribution in [0.25, 0.3) is 6.08 Å². The number of likely N-dealkylation sites (N-methyl/N-ethyl adjacent to an activating group) is 1. The summed E-state index contributed by atoms with van der Waals surface area (Å²) in [6.07, 6.45) is 1.01. The molecule has 2 amide bonds. The lowest BCUT2D eigenvalue weighted by molar-refractivity contribution is 0.100. The van der Waals surface area contributed by atoms with Crippen LogP contribution in [0, 0.1) is 0 Å². The number of hydrogen-bond donors (Lipinski definition) is 1. The third-order valence-corrected chi connectivity index (χ3v) is 7.34. The summed E-state index contributed by atoms with van der Waals surface area (Å²) in [6, 6.07) is 31.0. The monoisotopic (exact) mass is 591 g/mol. The first-order valence-corrected chi connectivity index (χ1v) is 14.0. The lowest BCUT2D eigenvalue weighted by Gasteiger charge is -2.20. The molecule has 1 heterocycles. The van der Waals surface area contributed by atoms with Crippen LogP contribution in [0.4, 0.5) is 4.79 Å². The normalized spacial score (nSPS) is 16.3. The molecule has 0 bridgehead atoms. The number of amides is 2. The van der Waals surface area contributed by atoms with Crippen molar-refractivity contribution in [3.05, 3.63) is 131 Å². The standard InChI is InChI=1S/C35H33N3O6/c1-37-31(21-24-11-17-30(18-12-24)44-23-26-7-5-4-6-8-26)32(22-25-9-15-28(42-2)16-10-25)38(35(40)41)34(37)36-33(39)27-13-19-29(43-3)20-14-27/h4-20,22,31H,21,23H2,1-3H3,(H,40,41). The molecule has 9 heteroatoms. The minimum absolute atomic E-state index is 0.0193. The number of guanidine groups is 1. The molecule has 0 saturated carbocycles. The predicted molar refractivity (Wildman–Crippen MR) is 168 cm³/mol. The molecule has 0 radical (unpaired) electrons. The van der Waals surface area contributed by atoms with Gasteiger partial charge in [0.25, 0.3) is 5.91 Å². The van der Waals surface area contributed by atoms with E-state index < -0.39 is 18.0 Å². The van der Waals surface area contributed by atoms with Crippen molar-refractivity contribution in [2.45, 2.75) is 19.1 Å². The molecule has 1 fully saturated rings. The summed E-state index contributed by atoms with van der Waals surface area (Å²) in [5, 5.41) is 10.4. The molecule has 1 saturated heterocycles. The van der Waals surface area contributed by atoms with Gasteiger partial charge in [0.2, 0.25) is 5.96 Å². The van der Waals surface area contributed by atoms with Gasteiger partial charge in [-0.1, -0.05) is 54.6 Å². The Morgan fingerprint density at radius 3 is 1.98 bits per heavy atom. The van der Waals surface area contributed by atoms with Gasteiger partial charge < -0.3 is 24.2 Å². The Labute approximate surface area is 256 Å². The molecule has 1 unspecified atom stereocenters. The summed E-state index contributed by atoms with van der Waals surface area (Å²) >= 11 is 0. The molecular weight excluding hydrogens is 558 g/mol. The zero-order valence-electron chi connectivity index (χ0n) is 24.7. The first-order chi connectivity index (χ1) is 21.4. The second-order valence-electron chi connectivity index (χ2n) is 10.2. The number of carbonyl (C=O) groups is 2. The molecule has 0 aromatic heterocycles. The lowest BCUT2D eigenvalue weighted by atomic mass is 10.0. The maximum atomic E-state index is 13.2. The van der Waals surface area contributed by atoms with Crippen LogP contribution in [0.5, 0.6) is 17.2 Å². The van der Waals surface area contributed by atoms with Crippen LogP contribution in [-0.4, -0.2) is 60.2 Å². The van der Waals surface area contributed by atoms with Gasteiger partial charge in [-0.3, -0.25) is 4.79 Å². The van der Waals surface area contributed by atoms with Crippen molar-refractivity contribution < 1.29 is 28.9 Å². The molecule has 4 aromatic carbocycles. The summed E-state index contributed by atoms with van der Waals surface area (Å²) in [7, 11) is 4.87. The van der Waals surface area contributed by atoms with Gasteiger partial charge in [0.1, 0.15) is 23.9 Å². The SMILES string of the molecule is COc1ccc(C=C2C(Cc3ccc(OCc4ccccc4)cc3)N(C)C(=NC(=O)c3ccc(OC)cc3)N2C(=O)O)cc1. The van der Waals surface area contributed by atoms with E-state index in [0.29, 0.717) is 35.8 Å². The van der Waals surface area contributed by atoms with Gasteiger partial charge in [0.05, 0.1) is 26.0 Å². The number of ether oxygens (including phenoxy) is 3. The largest absolute Gasteiger partial charge is 0.497 e. The third-order valence-electron chi connectivity index (χ3n) is 7.34. The van der Waals surface area contributed by atoms with E-state index in [1.807, 2.05) is 78.9 Å². The molecule has 0 spiro atoms. The van der Waals surface area contributed by atoms with Crippen molar-refractivity contribution in [1.82, 2.24) is 9.80 Å². The molecule has 1 aliphatic heterocycles. The van der Waals surface area contributed by atoms with Crippen LogP contribution in [0.15, 0.2) is 114 Å². The van der Waals surface area contributed by atoms with E-state index in [2.05, 4.69) is 4.99 Å². The van der Waals surface area contributed by atoms with Crippen LogP contribution >= 0.6 is 0 Å². The maximum Gasteiger partial charge on any atom is 0.418 e. The van der Waals surface area contributed by atoms with Crippen LogP contribution < -0.4 is 14.2 Å². The zero-order valence-corrected chi connectivity index (χ0v) is 24.7. The van der Waals surface area contributed by atoms with E-state index in [4.69, 9.17) is 14.2 Å². The van der Waals surface area contributed by atoms with Gasteiger partial charge >= 0.3 is 6.09 Å². The Bertz CT molecular complexity index is 1650. The van der Waals surface area contributed by atoms with Gasteiger partial charge in [-0.15, -0.1) is 0 Å². The van der Waals surface area contributed by atoms with Gasteiger partial charge in [0.15, 0.2) is 0 Å². The highest BCUT2D eigenvalue weighted by Crippen LogP contribution is 2.31. The molecule has 4 aromatic rings. The van der Waals surface area contributed by atoms with Gasteiger partial charge in [-0.05, 0) is 77.7 Å². The lowest BCUT2D eigenvalue weighted by Crippen LogP contribution is -2.36. The summed E-state index contributed by atoms with van der Waals surface area (Å²) in [6.45, 7) is 0.454. The number of methoxy groups -OCH3 is 2. The fourth-order valence-electron chi connectivity index (χ4n) is 4.93. The van der Waals surface area contributed by atoms with Crippen molar-refractivity contribution in [3.8, 4) is 17.2 Å². The van der Waals surface area contributed by atoms with Crippen LogP contribution in [0.1, 0.15) is 27.0 Å². The number of aliphatic imine (C=N–C) groups is 1. The second-order valence-corrected chi connectivity index (χ2v) is 10.2. The van der Waals surface area contributed by atoms with Crippen LogP contribution in [0.3, 0.4) is 0 Å². The molecular formula is C35H33N3O6. The van der Waals surface area contributed by atoms with E-state index in [1.54, 1.807) is 49.4 Å². The minimum Gasteiger partial charge on any atom is -0.497 e. The number of hydrogen-bond acceptors (Lipinski definition) is 5. The number of carboxylic acid groups (broad SMARTS) is 1. The van der Waals surface area contributed by atoms with E-state index in [9.17, 15) is 14.7 Å². The zero-order chi connectivity index (χ0) is 31.1. The highest BCUT2D eigenvalue weighted by atomic mass is 16.5. The summed E-state index contributed by atoms with van der Waals surface area (Å²) in [5.74, 6) is 1.46. The fourth-order valence-corrected chi connectivity index (χ4v) is 4.93. The molecule has 1 atom stereocenters. The van der Waals surface area contributed by atoms with E-state index in [1.165, 1.54) is 7.11 Å². The van der Waals surface area contributed by atoms with Crippen molar-refractivity contribution >= 4 is 24.0 Å². The molecule has 0 aliphatic carbocycles. The van der Waals surface area contributed by atoms with Gasteiger partial charge in [0, 0.05) is 12.6 Å². The molecule has 1 aliphatic rings. The Morgan fingerprint density at radius 2 is 1.39 bits per heavy atom. The van der Waals surface area contributed by atoms with Crippen molar-refractivity contribution in [2.75, 3.05) is 21.3 Å².